The minimum Gasteiger partial charge on any atom is -0.497 e. The van der Waals surface area contributed by atoms with Crippen LogP contribution < -0.4 is 10.1 Å². The number of nitrogens with zero attached hydrogens (tertiary/aromatic N) is 1. The predicted octanol–water partition coefficient (Wildman–Crippen LogP) is 5.85. The van der Waals surface area contributed by atoms with Crippen LogP contribution in [0.4, 0.5) is 5.69 Å². The lowest BCUT2D eigenvalue weighted by atomic mass is 9.98. The monoisotopic (exact) mass is 514 g/mol. The highest BCUT2D eigenvalue weighted by atomic mass is 35.5. The number of rotatable bonds is 5. The van der Waals surface area contributed by atoms with Crippen molar-refractivity contribution in [1.82, 2.24) is 4.90 Å². The van der Waals surface area contributed by atoms with Gasteiger partial charge in [0.1, 0.15) is 16.8 Å². The van der Waals surface area contributed by atoms with Crippen molar-refractivity contribution >= 4 is 58.0 Å². The number of nitrogens with one attached hydrogen (secondary N) is 1. The molecular formula is C25H20Cl2N2O4S. The fourth-order valence-corrected chi connectivity index (χ4v) is 4.53. The second-order valence-corrected chi connectivity index (χ2v) is 8.86. The van der Waals surface area contributed by atoms with E-state index in [-0.39, 0.29) is 0 Å². The van der Waals surface area contributed by atoms with Gasteiger partial charge in [-0.2, -0.15) is 0 Å². The van der Waals surface area contributed by atoms with Gasteiger partial charge in [0.15, 0.2) is 6.04 Å². The molecule has 0 aromatic heterocycles. The maximum Gasteiger partial charge on any atom is 0.333 e. The van der Waals surface area contributed by atoms with Crippen LogP contribution >= 0.6 is 35.4 Å². The van der Waals surface area contributed by atoms with Crippen molar-refractivity contribution in [2.24, 2.45) is 0 Å². The highest BCUT2D eigenvalue weighted by Crippen LogP contribution is 2.39. The molecule has 0 spiro atoms. The van der Waals surface area contributed by atoms with Crippen LogP contribution in [-0.4, -0.2) is 36.0 Å². The number of hydrogen-bond acceptors (Lipinski definition) is 5. The van der Waals surface area contributed by atoms with E-state index in [4.69, 9.17) is 44.9 Å². The molecule has 0 fully saturated rings. The minimum absolute atomic E-state index is 0.325. The van der Waals surface area contributed by atoms with Crippen LogP contribution in [-0.2, 0) is 9.53 Å². The summed E-state index contributed by atoms with van der Waals surface area (Å²) in [5.74, 6) is -0.467. The second-order valence-electron chi connectivity index (χ2n) is 7.54. The third-order valence-electron chi connectivity index (χ3n) is 5.55. The van der Waals surface area contributed by atoms with Crippen LogP contribution in [0.5, 0.6) is 5.75 Å². The van der Waals surface area contributed by atoms with Crippen molar-refractivity contribution in [3.63, 3.8) is 0 Å². The summed E-state index contributed by atoms with van der Waals surface area (Å²) in [6.07, 6.45) is 0. The molecule has 6 nitrogen and oxygen atoms in total. The molecule has 0 radical (unpaired) electrons. The number of halogens is 2. The Kier molecular flexibility index (Phi) is 7.07. The Morgan fingerprint density at radius 1 is 1.00 bits per heavy atom. The molecule has 34 heavy (non-hydrogen) atoms. The molecule has 1 aliphatic heterocycles. The summed E-state index contributed by atoms with van der Waals surface area (Å²) in [6.45, 7) is 0. The molecular weight excluding hydrogens is 495 g/mol. The Labute approximate surface area is 212 Å². The minimum atomic E-state index is -1.09. The Balaban J connectivity index is 1.95. The SMILES string of the molecule is COC(=O)C(c1ccc(Cl)cc1)N1C(=O)c2ccc(OC)cc2NC(=S)C1c1ccc(Cl)cc1. The quantitative estimate of drug-likeness (QED) is 0.340. The van der Waals surface area contributed by atoms with Gasteiger partial charge in [-0.15, -0.1) is 0 Å². The van der Waals surface area contributed by atoms with Crippen molar-refractivity contribution in [2.45, 2.75) is 12.1 Å². The first-order valence-corrected chi connectivity index (χ1v) is 11.4. The molecule has 0 bridgehead atoms. The zero-order valence-electron chi connectivity index (χ0n) is 18.2. The number of carbonyl (C=O) groups is 2. The Bertz CT molecular complexity index is 1250. The molecule has 4 rings (SSSR count). The van der Waals surface area contributed by atoms with Gasteiger partial charge in [0.25, 0.3) is 5.91 Å². The number of ether oxygens (including phenoxy) is 2. The maximum atomic E-state index is 14.1. The molecule has 1 N–H and O–H groups in total. The molecule has 3 aromatic carbocycles. The second kappa shape index (κ2) is 10.0. The number of fused-ring (bicyclic) bond motifs is 1. The fourth-order valence-electron chi connectivity index (χ4n) is 3.91. The molecule has 1 amide bonds. The highest BCUT2D eigenvalue weighted by Gasteiger charge is 2.42. The topological polar surface area (TPSA) is 67.9 Å². The molecule has 2 atom stereocenters. The summed E-state index contributed by atoms with van der Waals surface area (Å²) in [5, 5.41) is 4.21. The zero-order chi connectivity index (χ0) is 24.4. The number of hydrogen-bond donors (Lipinski definition) is 1. The normalized spacial score (nSPS) is 16.2. The summed E-state index contributed by atoms with van der Waals surface area (Å²) in [7, 11) is 2.81. The largest absolute Gasteiger partial charge is 0.497 e. The summed E-state index contributed by atoms with van der Waals surface area (Å²) in [5.41, 5.74) is 2.03. The summed E-state index contributed by atoms with van der Waals surface area (Å²) < 4.78 is 10.4. The lowest BCUT2D eigenvalue weighted by molar-refractivity contribution is -0.146. The lowest BCUT2D eigenvalue weighted by Crippen LogP contribution is -2.44. The molecule has 174 valence electrons. The molecule has 1 heterocycles. The molecule has 0 aliphatic carbocycles. The fraction of sp³-hybridized carbons (Fsp3) is 0.160. The number of thiocarbonyl (C=S) groups is 1. The maximum absolute atomic E-state index is 14.1. The lowest BCUT2D eigenvalue weighted by Gasteiger charge is -2.36. The third kappa shape index (κ3) is 4.59. The van der Waals surface area contributed by atoms with E-state index in [1.807, 2.05) is 0 Å². The number of esters is 1. The van der Waals surface area contributed by atoms with Gasteiger partial charge in [-0.1, -0.05) is 59.7 Å². The van der Waals surface area contributed by atoms with Crippen LogP contribution in [0.15, 0.2) is 66.7 Å². The molecule has 9 heteroatoms. The van der Waals surface area contributed by atoms with E-state index >= 15 is 0 Å². The van der Waals surface area contributed by atoms with Gasteiger partial charge in [0, 0.05) is 16.1 Å². The predicted molar refractivity (Wildman–Crippen MR) is 136 cm³/mol. The number of amides is 1. The Morgan fingerprint density at radius 3 is 2.21 bits per heavy atom. The van der Waals surface area contributed by atoms with E-state index in [2.05, 4.69) is 5.32 Å². The van der Waals surface area contributed by atoms with Gasteiger partial charge < -0.3 is 19.7 Å². The van der Waals surface area contributed by atoms with Gasteiger partial charge in [0.2, 0.25) is 0 Å². The summed E-state index contributed by atoms with van der Waals surface area (Å²) in [6, 6.07) is 16.8. The van der Waals surface area contributed by atoms with E-state index in [0.29, 0.717) is 43.2 Å². The molecule has 1 aliphatic rings. The van der Waals surface area contributed by atoms with E-state index in [1.165, 1.54) is 19.1 Å². The first-order valence-electron chi connectivity index (χ1n) is 10.2. The zero-order valence-corrected chi connectivity index (χ0v) is 20.6. The van der Waals surface area contributed by atoms with Gasteiger partial charge in [-0.3, -0.25) is 4.79 Å². The molecule has 0 saturated carbocycles. The van der Waals surface area contributed by atoms with Gasteiger partial charge in [-0.05, 0) is 47.5 Å². The molecule has 0 saturated heterocycles. The van der Waals surface area contributed by atoms with Crippen LogP contribution in [0.3, 0.4) is 0 Å². The van der Waals surface area contributed by atoms with Gasteiger partial charge >= 0.3 is 5.97 Å². The van der Waals surface area contributed by atoms with E-state index in [9.17, 15) is 9.59 Å². The van der Waals surface area contributed by atoms with Crippen molar-refractivity contribution in [3.05, 3.63) is 93.5 Å². The number of carbonyl (C=O) groups excluding carboxylic acids is 2. The van der Waals surface area contributed by atoms with Gasteiger partial charge in [-0.25, -0.2) is 4.79 Å². The smallest absolute Gasteiger partial charge is 0.333 e. The number of anilines is 1. The summed E-state index contributed by atoms with van der Waals surface area (Å²) >= 11 is 18.0. The average Bonchev–Trinajstić information content (AvgIpc) is 2.94. The van der Waals surface area contributed by atoms with Gasteiger partial charge in [0.05, 0.1) is 25.5 Å². The number of methoxy groups -OCH3 is 2. The van der Waals surface area contributed by atoms with Crippen LogP contribution in [0.1, 0.15) is 33.6 Å². The third-order valence-corrected chi connectivity index (χ3v) is 6.38. The highest BCUT2D eigenvalue weighted by molar-refractivity contribution is 7.80. The van der Waals surface area contributed by atoms with Crippen LogP contribution in [0.25, 0.3) is 0 Å². The standard InChI is InChI=1S/C25H20Cl2N2O4S/c1-32-18-11-12-19-20(13-18)28-23(34)21(14-3-7-16(26)8-4-14)29(24(19)30)22(25(31)33-2)15-5-9-17(27)10-6-15/h3-13,21-22H,1-2H3,(H,28,34). The molecule has 2 unspecified atom stereocenters. The van der Waals surface area contributed by atoms with Crippen molar-refractivity contribution in [1.29, 1.82) is 0 Å². The molecule has 3 aromatic rings. The first kappa shape index (κ1) is 24.0. The van der Waals surface area contributed by atoms with Crippen LogP contribution in [0.2, 0.25) is 10.0 Å². The first-order chi connectivity index (χ1) is 16.3. The van der Waals surface area contributed by atoms with E-state index in [1.54, 1.807) is 66.7 Å². The van der Waals surface area contributed by atoms with Crippen molar-refractivity contribution in [3.8, 4) is 5.75 Å². The average molecular weight is 515 g/mol. The number of benzene rings is 3. The Morgan fingerprint density at radius 2 is 1.62 bits per heavy atom. The van der Waals surface area contributed by atoms with E-state index in [0.717, 1.165) is 0 Å². The van der Waals surface area contributed by atoms with E-state index < -0.39 is 24.0 Å². The van der Waals surface area contributed by atoms with Crippen LogP contribution in [0, 0.1) is 0 Å². The Hall–Kier alpha value is -3.13. The van der Waals surface area contributed by atoms with Crippen molar-refractivity contribution < 1.29 is 19.1 Å². The van der Waals surface area contributed by atoms with Crippen molar-refractivity contribution in [2.75, 3.05) is 19.5 Å². The summed E-state index contributed by atoms with van der Waals surface area (Å²) in [4.78, 5) is 29.0.